The second kappa shape index (κ2) is 6.97. The molecule has 0 aliphatic carbocycles. The summed E-state index contributed by atoms with van der Waals surface area (Å²) in [6.07, 6.45) is 3.13. The number of anilines is 1. The Balaban J connectivity index is 1.61. The number of hydrogen-bond acceptors (Lipinski definition) is 4. The zero-order valence-corrected chi connectivity index (χ0v) is 13.2. The third kappa shape index (κ3) is 3.69. The first-order chi connectivity index (χ1) is 10.3. The Morgan fingerprint density at radius 2 is 2.10 bits per heavy atom. The maximum Gasteiger partial charge on any atom is 0.0755 e. The summed E-state index contributed by atoms with van der Waals surface area (Å²) in [7, 11) is 1.71. The summed E-state index contributed by atoms with van der Waals surface area (Å²) in [5.41, 5.74) is 2.34. The number of rotatable bonds is 6. The SMILES string of the molecule is COCCNCc1ccc(N2CC3CCC(C2)O3)c(Cl)c1. The second-order valence-corrected chi connectivity index (χ2v) is 6.22. The van der Waals surface area contributed by atoms with Gasteiger partial charge in [-0.2, -0.15) is 0 Å². The number of hydrogen-bond donors (Lipinski definition) is 1. The predicted molar refractivity (Wildman–Crippen MR) is 85.1 cm³/mol. The van der Waals surface area contributed by atoms with Crippen molar-refractivity contribution in [3.8, 4) is 0 Å². The highest BCUT2D eigenvalue weighted by Crippen LogP contribution is 2.33. The van der Waals surface area contributed by atoms with E-state index in [2.05, 4.69) is 28.4 Å². The molecule has 4 nitrogen and oxygen atoms in total. The van der Waals surface area contributed by atoms with Gasteiger partial charge in [-0.3, -0.25) is 0 Å². The van der Waals surface area contributed by atoms with Crippen LogP contribution in [0.5, 0.6) is 0 Å². The maximum atomic E-state index is 6.48. The van der Waals surface area contributed by atoms with E-state index in [1.165, 1.54) is 18.4 Å². The molecule has 1 N–H and O–H groups in total. The Kier molecular flexibility index (Phi) is 5.01. The molecule has 0 saturated carbocycles. The van der Waals surface area contributed by atoms with Gasteiger partial charge in [0.1, 0.15) is 0 Å². The summed E-state index contributed by atoms with van der Waals surface area (Å²) >= 11 is 6.48. The first kappa shape index (κ1) is 15.1. The Bertz CT molecular complexity index is 471. The van der Waals surface area contributed by atoms with Crippen molar-refractivity contribution in [2.75, 3.05) is 38.3 Å². The van der Waals surface area contributed by atoms with Crippen molar-refractivity contribution in [1.82, 2.24) is 5.32 Å². The number of fused-ring (bicyclic) bond motifs is 2. The van der Waals surface area contributed by atoms with E-state index in [4.69, 9.17) is 21.1 Å². The van der Waals surface area contributed by atoms with Crippen LogP contribution in [0.3, 0.4) is 0 Å². The molecule has 2 atom stereocenters. The van der Waals surface area contributed by atoms with E-state index >= 15 is 0 Å². The number of methoxy groups -OCH3 is 1. The molecule has 0 aromatic heterocycles. The maximum absolute atomic E-state index is 6.48. The van der Waals surface area contributed by atoms with Gasteiger partial charge in [-0.1, -0.05) is 17.7 Å². The largest absolute Gasteiger partial charge is 0.383 e. The van der Waals surface area contributed by atoms with Crippen LogP contribution in [0.4, 0.5) is 5.69 Å². The fourth-order valence-corrected chi connectivity index (χ4v) is 3.46. The van der Waals surface area contributed by atoms with Gasteiger partial charge in [0.05, 0.1) is 29.5 Å². The molecule has 2 unspecified atom stereocenters. The van der Waals surface area contributed by atoms with E-state index in [0.29, 0.717) is 12.2 Å². The Hall–Kier alpha value is -0.810. The van der Waals surface area contributed by atoms with E-state index in [0.717, 1.165) is 43.5 Å². The second-order valence-electron chi connectivity index (χ2n) is 5.82. The monoisotopic (exact) mass is 310 g/mol. The van der Waals surface area contributed by atoms with Crippen LogP contribution in [0.1, 0.15) is 18.4 Å². The Morgan fingerprint density at radius 1 is 1.33 bits per heavy atom. The number of halogens is 1. The van der Waals surface area contributed by atoms with Gasteiger partial charge < -0.3 is 19.7 Å². The number of nitrogens with zero attached hydrogens (tertiary/aromatic N) is 1. The first-order valence-corrected chi connectivity index (χ1v) is 8.02. The van der Waals surface area contributed by atoms with Crippen molar-refractivity contribution in [3.63, 3.8) is 0 Å². The molecule has 0 radical (unpaired) electrons. The van der Waals surface area contributed by atoms with E-state index in [9.17, 15) is 0 Å². The highest BCUT2D eigenvalue weighted by molar-refractivity contribution is 6.33. The molecule has 2 fully saturated rings. The van der Waals surface area contributed by atoms with Crippen LogP contribution < -0.4 is 10.2 Å². The molecule has 3 rings (SSSR count). The molecule has 116 valence electrons. The van der Waals surface area contributed by atoms with Gasteiger partial charge >= 0.3 is 0 Å². The summed E-state index contributed by atoms with van der Waals surface area (Å²) in [5, 5.41) is 4.17. The zero-order chi connectivity index (χ0) is 14.7. The molecule has 0 spiro atoms. The summed E-state index contributed by atoms with van der Waals surface area (Å²) in [5.74, 6) is 0. The lowest BCUT2D eigenvalue weighted by Crippen LogP contribution is -2.42. The minimum absolute atomic E-state index is 0.384. The lowest BCUT2D eigenvalue weighted by Gasteiger charge is -2.34. The van der Waals surface area contributed by atoms with Crippen LogP contribution in [0.15, 0.2) is 18.2 Å². The van der Waals surface area contributed by atoms with Crippen LogP contribution in [0.25, 0.3) is 0 Å². The van der Waals surface area contributed by atoms with Gasteiger partial charge in [0.25, 0.3) is 0 Å². The number of benzene rings is 1. The van der Waals surface area contributed by atoms with Crippen molar-refractivity contribution < 1.29 is 9.47 Å². The zero-order valence-electron chi connectivity index (χ0n) is 12.5. The molecule has 2 heterocycles. The van der Waals surface area contributed by atoms with Gasteiger partial charge in [-0.05, 0) is 30.5 Å². The van der Waals surface area contributed by atoms with Gasteiger partial charge in [0.15, 0.2) is 0 Å². The van der Waals surface area contributed by atoms with Crippen molar-refractivity contribution in [2.45, 2.75) is 31.6 Å². The molecule has 1 aromatic carbocycles. The lowest BCUT2D eigenvalue weighted by atomic mass is 10.1. The highest BCUT2D eigenvalue weighted by atomic mass is 35.5. The normalized spacial score (nSPS) is 24.6. The van der Waals surface area contributed by atoms with Gasteiger partial charge in [0, 0.05) is 33.3 Å². The summed E-state index contributed by atoms with van der Waals surface area (Å²) in [6, 6.07) is 6.35. The minimum atomic E-state index is 0.384. The molecule has 1 aromatic rings. The van der Waals surface area contributed by atoms with E-state index in [1.54, 1.807) is 7.11 Å². The molecular weight excluding hydrogens is 288 g/mol. The average Bonchev–Trinajstić information content (AvgIpc) is 2.82. The Morgan fingerprint density at radius 3 is 2.76 bits per heavy atom. The average molecular weight is 311 g/mol. The van der Waals surface area contributed by atoms with Crippen LogP contribution in [0.2, 0.25) is 5.02 Å². The minimum Gasteiger partial charge on any atom is -0.383 e. The molecular formula is C16H23ClN2O2. The number of morpholine rings is 1. The van der Waals surface area contributed by atoms with Crippen LogP contribution >= 0.6 is 11.6 Å². The van der Waals surface area contributed by atoms with Gasteiger partial charge in [-0.25, -0.2) is 0 Å². The fraction of sp³-hybridized carbons (Fsp3) is 0.625. The third-order valence-corrected chi connectivity index (χ3v) is 4.51. The predicted octanol–water partition coefficient (Wildman–Crippen LogP) is 2.44. The van der Waals surface area contributed by atoms with Crippen molar-refractivity contribution in [1.29, 1.82) is 0 Å². The van der Waals surface area contributed by atoms with Crippen molar-refractivity contribution in [2.24, 2.45) is 0 Å². The molecule has 5 heteroatoms. The van der Waals surface area contributed by atoms with E-state index < -0.39 is 0 Å². The van der Waals surface area contributed by atoms with Gasteiger partial charge in [-0.15, -0.1) is 0 Å². The molecule has 2 aliphatic rings. The quantitative estimate of drug-likeness (QED) is 0.818. The first-order valence-electron chi connectivity index (χ1n) is 7.65. The van der Waals surface area contributed by atoms with Crippen LogP contribution in [-0.2, 0) is 16.0 Å². The standard InChI is InChI=1S/C16H23ClN2O2/c1-20-7-6-18-9-12-2-5-16(15(17)8-12)19-10-13-3-4-14(11-19)21-13/h2,5,8,13-14,18H,3-4,6-7,9-11H2,1H3. The van der Waals surface area contributed by atoms with Gasteiger partial charge in [0.2, 0.25) is 0 Å². The number of ether oxygens (including phenoxy) is 2. The summed E-state index contributed by atoms with van der Waals surface area (Å²) in [6.45, 7) is 4.31. The fourth-order valence-electron chi connectivity index (χ4n) is 3.14. The molecule has 0 amide bonds. The van der Waals surface area contributed by atoms with Crippen molar-refractivity contribution >= 4 is 17.3 Å². The van der Waals surface area contributed by atoms with Crippen LogP contribution in [-0.4, -0.2) is 45.6 Å². The summed E-state index contributed by atoms with van der Waals surface area (Å²) < 4.78 is 10.9. The topological polar surface area (TPSA) is 33.7 Å². The third-order valence-electron chi connectivity index (χ3n) is 4.21. The molecule has 2 bridgehead atoms. The smallest absolute Gasteiger partial charge is 0.0755 e. The van der Waals surface area contributed by atoms with Crippen molar-refractivity contribution in [3.05, 3.63) is 28.8 Å². The van der Waals surface area contributed by atoms with Crippen LogP contribution in [0, 0.1) is 0 Å². The van der Waals surface area contributed by atoms with E-state index in [-0.39, 0.29) is 0 Å². The molecule has 21 heavy (non-hydrogen) atoms. The molecule has 2 aliphatic heterocycles. The van der Waals surface area contributed by atoms with E-state index in [1.807, 2.05) is 0 Å². The summed E-state index contributed by atoms with van der Waals surface area (Å²) in [4.78, 5) is 2.37. The Labute approximate surface area is 131 Å². The number of nitrogens with one attached hydrogen (secondary N) is 1. The highest BCUT2D eigenvalue weighted by Gasteiger charge is 2.34. The molecule has 2 saturated heterocycles. The lowest BCUT2D eigenvalue weighted by molar-refractivity contribution is 0.0305.